The van der Waals surface area contributed by atoms with Crippen LogP contribution in [0.25, 0.3) is 31.7 Å². The molecule has 6 fully saturated rings. The summed E-state index contributed by atoms with van der Waals surface area (Å²) in [7, 11) is 0. The molecule has 8 aromatic rings. The van der Waals surface area contributed by atoms with Crippen molar-refractivity contribution >= 4 is 100 Å². The summed E-state index contributed by atoms with van der Waals surface area (Å²) in [5.41, 5.74) is 5.18. The fourth-order valence-electron chi connectivity index (χ4n) is 10.5. The van der Waals surface area contributed by atoms with E-state index in [4.69, 9.17) is 20.2 Å². The molecule has 8 heterocycles. The number of anilines is 2. The molecule has 22 heteroatoms. The topological polar surface area (TPSA) is 183 Å². The first kappa shape index (κ1) is 45.4. The van der Waals surface area contributed by atoms with Gasteiger partial charge < -0.3 is 15.5 Å². The summed E-state index contributed by atoms with van der Waals surface area (Å²) in [6.07, 6.45) is 11.0. The Labute approximate surface area is 431 Å². The molecule has 72 heavy (non-hydrogen) atoms. The summed E-state index contributed by atoms with van der Waals surface area (Å²) in [4.78, 5) is 52.0. The lowest BCUT2D eigenvalue weighted by atomic mass is 9.91. The number of hydrogen-bond acceptors (Lipinski definition) is 18. The monoisotopic (exact) mass is 1040 g/mol. The van der Waals surface area contributed by atoms with Gasteiger partial charge in [0.05, 0.1) is 31.8 Å². The van der Waals surface area contributed by atoms with Gasteiger partial charge in [0.2, 0.25) is 22.1 Å². The number of piperazine rings is 2. The lowest BCUT2D eigenvalue weighted by Crippen LogP contribution is -2.67. The van der Waals surface area contributed by atoms with Crippen LogP contribution in [0.3, 0.4) is 0 Å². The van der Waals surface area contributed by atoms with E-state index in [1.807, 2.05) is 45.4 Å². The van der Waals surface area contributed by atoms with E-state index in [0.29, 0.717) is 64.6 Å². The van der Waals surface area contributed by atoms with E-state index in [-0.39, 0.29) is 11.8 Å². The Morgan fingerprint density at radius 3 is 1.54 bits per heavy atom. The van der Waals surface area contributed by atoms with Crippen LogP contribution in [0.5, 0.6) is 0 Å². The van der Waals surface area contributed by atoms with Crippen molar-refractivity contribution in [1.29, 1.82) is 0 Å². The highest BCUT2D eigenvalue weighted by Gasteiger charge is 2.45. The van der Waals surface area contributed by atoms with Gasteiger partial charge >= 0.3 is 0 Å². The predicted octanol–water partition coefficient (Wildman–Crippen LogP) is 7.35. The molecule has 0 spiro atoms. The van der Waals surface area contributed by atoms with Crippen molar-refractivity contribution in [2.75, 3.05) is 69.5 Å². The minimum Gasteiger partial charge on any atom is -0.301 e. The second-order valence-electron chi connectivity index (χ2n) is 20.4. The summed E-state index contributed by atoms with van der Waals surface area (Å²) in [5.74, 6) is 1.36. The Hall–Kier alpha value is -5.20. The van der Waals surface area contributed by atoms with E-state index < -0.39 is 12.1 Å². The average molecular weight is 1040 g/mol. The van der Waals surface area contributed by atoms with Crippen molar-refractivity contribution in [3.63, 3.8) is 0 Å². The summed E-state index contributed by atoms with van der Waals surface area (Å²) in [6.45, 7) is 7.27. The smallest absolute Gasteiger partial charge is 0.245 e. The lowest BCUT2D eigenvalue weighted by molar-refractivity contribution is -0.135. The van der Waals surface area contributed by atoms with Crippen LogP contribution in [0.1, 0.15) is 81.0 Å². The number of amides is 2. The van der Waals surface area contributed by atoms with Gasteiger partial charge in [-0.25, -0.2) is 9.97 Å². The Morgan fingerprint density at radius 1 is 0.583 bits per heavy atom. The fourth-order valence-corrected chi connectivity index (χ4v) is 14.2. The molecule has 2 amide bonds. The van der Waals surface area contributed by atoms with Gasteiger partial charge in [-0.15, -0.1) is 20.4 Å². The third-order valence-electron chi connectivity index (χ3n) is 15.3. The molecule has 370 valence electrons. The third-order valence-corrected chi connectivity index (χ3v) is 19.0. The van der Waals surface area contributed by atoms with Crippen LogP contribution in [0.4, 0.5) is 10.3 Å². The normalized spacial score (nSPS) is 20.7. The van der Waals surface area contributed by atoms with E-state index in [9.17, 15) is 0 Å². The minimum atomic E-state index is -0.778. The van der Waals surface area contributed by atoms with Crippen molar-refractivity contribution in [2.45, 2.75) is 108 Å². The zero-order valence-electron chi connectivity index (χ0n) is 39.7. The number of fused-ring (bicyclic) bond motifs is 4. The van der Waals surface area contributed by atoms with Crippen LogP contribution >= 0.6 is 46.2 Å². The predicted molar refractivity (Wildman–Crippen MR) is 279 cm³/mol. The molecule has 2 aliphatic heterocycles. The maximum absolute atomic E-state index is 15.3. The van der Waals surface area contributed by atoms with Gasteiger partial charge in [-0.05, 0) is 141 Å². The minimum absolute atomic E-state index is 0.223. The molecule has 14 rings (SSSR count). The molecule has 6 aromatic heterocycles. The van der Waals surface area contributed by atoms with E-state index in [1.54, 1.807) is 0 Å². The standard InChI is InChI=1S/C50H54N16O2S4/c67-45(53-47-51-37-12-10-33(26-39(37)71-47)69-49-57-55-41-16-14-35(30-6-7-30)59-65(41)49)43(63-20-18-61(19-21-63)28-29-4-5-29)44(64-24-22-62(23-25-64)32-2-1-3-32)46(68)54-48-52-38-13-11-34(27-40(38)72-48)70-50-58-56-42-17-15-36(31-8-9-31)60-66(42)50/h10-17,26-27,29-32,43-44H,1-9,18-25,28H2,(H,51,53,67)(H,52,54,68). The number of carbonyl (C=O) groups is 2. The Kier molecular flexibility index (Phi) is 11.9. The van der Waals surface area contributed by atoms with E-state index in [0.717, 1.165) is 91.5 Å². The largest absolute Gasteiger partial charge is 0.301 e. The van der Waals surface area contributed by atoms with Gasteiger partial charge in [0, 0.05) is 86.6 Å². The number of carbonyl (C=O) groups excluding carboxylic acids is 2. The number of thiazole rings is 2. The maximum Gasteiger partial charge on any atom is 0.245 e. The van der Waals surface area contributed by atoms with Gasteiger partial charge in [-0.1, -0.05) is 29.1 Å². The maximum atomic E-state index is 15.3. The first-order chi connectivity index (χ1) is 35.4. The van der Waals surface area contributed by atoms with E-state index in [2.05, 4.69) is 74.9 Å². The highest BCUT2D eigenvalue weighted by molar-refractivity contribution is 7.99. The highest BCUT2D eigenvalue weighted by atomic mass is 32.2. The van der Waals surface area contributed by atoms with Crippen molar-refractivity contribution in [1.82, 2.24) is 69.2 Å². The summed E-state index contributed by atoms with van der Waals surface area (Å²) >= 11 is 5.91. The molecule has 6 aliphatic rings. The van der Waals surface area contributed by atoms with E-state index in [1.165, 1.54) is 104 Å². The highest BCUT2D eigenvalue weighted by Crippen LogP contribution is 2.41. The van der Waals surface area contributed by atoms with Gasteiger partial charge in [0.25, 0.3) is 0 Å². The van der Waals surface area contributed by atoms with Crippen molar-refractivity contribution in [3.8, 4) is 0 Å². The fraction of sp³-hybridized carbons (Fsp3) is 0.480. The molecule has 2 N–H and O–H groups in total. The van der Waals surface area contributed by atoms with E-state index >= 15 is 9.59 Å². The Bertz CT molecular complexity index is 3340. The first-order valence-electron chi connectivity index (χ1n) is 25.6. The van der Waals surface area contributed by atoms with Gasteiger partial charge in [-0.3, -0.25) is 24.3 Å². The quantitative estimate of drug-likeness (QED) is 0.0979. The third kappa shape index (κ3) is 9.37. The first-order valence-corrected chi connectivity index (χ1v) is 28.8. The molecule has 2 saturated heterocycles. The van der Waals surface area contributed by atoms with Crippen molar-refractivity contribution < 1.29 is 9.59 Å². The van der Waals surface area contributed by atoms with Crippen LogP contribution in [-0.2, 0) is 9.59 Å². The second-order valence-corrected chi connectivity index (χ2v) is 24.5. The summed E-state index contributed by atoms with van der Waals surface area (Å²) in [6, 6.07) is 19.4. The molecular weight excluding hydrogens is 985 g/mol. The number of rotatable bonds is 16. The summed E-state index contributed by atoms with van der Waals surface area (Å²) < 4.78 is 5.55. The van der Waals surface area contributed by atoms with Crippen molar-refractivity contribution in [2.24, 2.45) is 5.92 Å². The van der Waals surface area contributed by atoms with Gasteiger partial charge in [-0.2, -0.15) is 19.2 Å². The summed E-state index contributed by atoms with van der Waals surface area (Å²) in [5, 5.41) is 36.4. The van der Waals surface area contributed by atoms with Gasteiger partial charge in [0.15, 0.2) is 21.6 Å². The number of hydrogen-bond donors (Lipinski definition) is 2. The number of aromatic nitrogens is 10. The second kappa shape index (κ2) is 18.9. The molecule has 2 atom stereocenters. The molecular formula is C50H54N16O2S4. The Morgan fingerprint density at radius 2 is 1.08 bits per heavy atom. The van der Waals surface area contributed by atoms with Crippen LogP contribution in [0.15, 0.2) is 80.8 Å². The molecule has 0 radical (unpaired) electrons. The van der Waals surface area contributed by atoms with Crippen LogP contribution in [-0.4, -0.2) is 158 Å². The van der Waals surface area contributed by atoms with Crippen LogP contribution in [0, 0.1) is 5.92 Å². The number of nitrogens with zero attached hydrogens (tertiary/aromatic N) is 14. The number of nitrogens with one attached hydrogen (secondary N) is 2. The van der Waals surface area contributed by atoms with Gasteiger partial charge in [0.1, 0.15) is 12.1 Å². The average Bonchev–Trinajstić information content (AvgIpc) is 4.34. The molecule has 2 unspecified atom stereocenters. The Balaban J connectivity index is 0.741. The molecule has 2 aromatic carbocycles. The van der Waals surface area contributed by atoms with Crippen LogP contribution in [0.2, 0.25) is 0 Å². The molecule has 0 bridgehead atoms. The molecule has 4 saturated carbocycles. The molecule has 4 aliphatic carbocycles. The zero-order chi connectivity index (χ0) is 47.9. The van der Waals surface area contributed by atoms with Crippen LogP contribution < -0.4 is 10.6 Å². The lowest BCUT2D eigenvalue weighted by Gasteiger charge is -2.48. The SMILES string of the molecule is O=C(Nc1nc2ccc(Sc3nnc4ccc(C5CC5)nn34)cc2s1)C(C(C(=O)Nc1nc2ccc(Sc3nnc4ccc(C5CC5)nn34)cc2s1)N1CCN(C2CCC2)CC1)N1CCN(CC2CC2)CC1. The van der Waals surface area contributed by atoms with Crippen molar-refractivity contribution in [3.05, 3.63) is 72.1 Å². The zero-order valence-corrected chi connectivity index (χ0v) is 42.9. The number of benzene rings is 2. The molecule has 18 nitrogen and oxygen atoms in total.